The van der Waals surface area contributed by atoms with Crippen LogP contribution < -0.4 is 5.32 Å². The van der Waals surface area contributed by atoms with Crippen molar-refractivity contribution in [1.29, 1.82) is 0 Å². The summed E-state index contributed by atoms with van der Waals surface area (Å²) in [7, 11) is 3.49. The first kappa shape index (κ1) is 18.1. The molecule has 0 fully saturated rings. The molecule has 0 aliphatic carbocycles. The van der Waals surface area contributed by atoms with E-state index in [0.717, 1.165) is 27.8 Å². The first-order valence-electron chi connectivity index (χ1n) is 8.84. The number of benzene rings is 2. The molecule has 2 aromatic heterocycles. The van der Waals surface area contributed by atoms with Gasteiger partial charge in [-0.1, -0.05) is 35.9 Å². The number of amides is 1. The van der Waals surface area contributed by atoms with Gasteiger partial charge in [-0.25, -0.2) is 4.98 Å². The lowest BCUT2D eigenvalue weighted by Crippen LogP contribution is -2.21. The summed E-state index contributed by atoms with van der Waals surface area (Å²) >= 11 is 6.21. The number of carbonyl (C=O) groups excluding carboxylic acids is 1. The van der Waals surface area contributed by atoms with Crippen molar-refractivity contribution in [2.75, 3.05) is 19.4 Å². The average Bonchev–Trinajstić information content (AvgIpc) is 3.12. The number of carbonyl (C=O) groups is 1. The maximum Gasteiger partial charge on any atom is 0.253 e. The zero-order chi connectivity index (χ0) is 19.7. The van der Waals surface area contributed by atoms with Crippen LogP contribution in [0.4, 0.5) is 11.5 Å². The molecule has 5 nitrogen and oxygen atoms in total. The Morgan fingerprint density at radius 3 is 2.54 bits per heavy atom. The standard InChI is InChI=1S/C22H19ClN4O/c1-27(2)22(28)15-9-7-14(8-10-15)19-11-16-13-24-21(12-20(16)25-19)26-18-6-4-3-5-17(18)23/h3-13,25H,1-2H3,(H,24,26). The third kappa shape index (κ3) is 3.57. The van der Waals surface area contributed by atoms with Crippen LogP contribution in [0.3, 0.4) is 0 Å². The fourth-order valence-electron chi connectivity index (χ4n) is 3.00. The summed E-state index contributed by atoms with van der Waals surface area (Å²) in [5.41, 5.74) is 4.41. The molecule has 4 rings (SSSR count). The molecule has 0 saturated heterocycles. The van der Waals surface area contributed by atoms with Gasteiger partial charge in [0.1, 0.15) is 5.82 Å². The van der Waals surface area contributed by atoms with Gasteiger partial charge in [-0.3, -0.25) is 4.79 Å². The molecule has 2 heterocycles. The summed E-state index contributed by atoms with van der Waals surface area (Å²) in [6.45, 7) is 0. The third-order valence-corrected chi connectivity index (χ3v) is 4.82. The molecule has 0 spiro atoms. The van der Waals surface area contributed by atoms with E-state index in [1.165, 1.54) is 0 Å². The average molecular weight is 391 g/mol. The van der Waals surface area contributed by atoms with E-state index in [9.17, 15) is 4.79 Å². The highest BCUT2D eigenvalue weighted by Gasteiger charge is 2.10. The number of halogens is 1. The van der Waals surface area contributed by atoms with Crippen molar-refractivity contribution in [1.82, 2.24) is 14.9 Å². The van der Waals surface area contributed by atoms with Crippen molar-refractivity contribution in [3.63, 3.8) is 0 Å². The normalized spacial score (nSPS) is 10.8. The second-order valence-corrected chi connectivity index (χ2v) is 7.13. The minimum atomic E-state index is -0.0114. The number of para-hydroxylation sites is 1. The van der Waals surface area contributed by atoms with Crippen LogP contribution in [0, 0.1) is 0 Å². The molecule has 4 aromatic rings. The second kappa shape index (κ2) is 7.37. The Kier molecular flexibility index (Phi) is 4.75. The number of nitrogens with one attached hydrogen (secondary N) is 2. The molecule has 0 atom stereocenters. The van der Waals surface area contributed by atoms with Crippen LogP contribution >= 0.6 is 11.6 Å². The number of H-pyrrole nitrogens is 1. The molecule has 0 aliphatic rings. The Bertz CT molecular complexity index is 1150. The van der Waals surface area contributed by atoms with Crippen LogP contribution in [0.2, 0.25) is 5.02 Å². The fraction of sp³-hybridized carbons (Fsp3) is 0.0909. The summed E-state index contributed by atoms with van der Waals surface area (Å²) < 4.78 is 0. The molecular weight excluding hydrogens is 372 g/mol. The summed E-state index contributed by atoms with van der Waals surface area (Å²) in [5.74, 6) is 0.698. The molecule has 0 saturated carbocycles. The number of hydrogen-bond acceptors (Lipinski definition) is 3. The number of aromatic amines is 1. The van der Waals surface area contributed by atoms with Gasteiger partial charge in [0, 0.05) is 43.0 Å². The van der Waals surface area contributed by atoms with Gasteiger partial charge in [0.15, 0.2) is 0 Å². The van der Waals surface area contributed by atoms with Gasteiger partial charge < -0.3 is 15.2 Å². The van der Waals surface area contributed by atoms with Crippen molar-refractivity contribution < 1.29 is 4.79 Å². The molecule has 0 unspecified atom stereocenters. The van der Waals surface area contributed by atoms with E-state index < -0.39 is 0 Å². The van der Waals surface area contributed by atoms with E-state index >= 15 is 0 Å². The monoisotopic (exact) mass is 390 g/mol. The zero-order valence-corrected chi connectivity index (χ0v) is 16.3. The minimum Gasteiger partial charge on any atom is -0.354 e. The van der Waals surface area contributed by atoms with Crippen molar-refractivity contribution >= 4 is 39.9 Å². The molecule has 0 aliphatic heterocycles. The van der Waals surface area contributed by atoms with E-state index in [2.05, 4.69) is 15.3 Å². The van der Waals surface area contributed by atoms with Gasteiger partial charge in [0.05, 0.1) is 16.2 Å². The van der Waals surface area contributed by atoms with E-state index in [0.29, 0.717) is 16.4 Å². The number of fused-ring (bicyclic) bond motifs is 1. The molecule has 28 heavy (non-hydrogen) atoms. The van der Waals surface area contributed by atoms with Crippen LogP contribution in [0.15, 0.2) is 66.9 Å². The van der Waals surface area contributed by atoms with E-state index in [1.807, 2.05) is 66.9 Å². The Hall–Kier alpha value is -3.31. The molecular formula is C22H19ClN4O. The lowest BCUT2D eigenvalue weighted by Gasteiger charge is -2.10. The van der Waals surface area contributed by atoms with E-state index in [1.54, 1.807) is 19.0 Å². The van der Waals surface area contributed by atoms with Crippen LogP contribution in [0.25, 0.3) is 22.2 Å². The highest BCUT2D eigenvalue weighted by atomic mass is 35.5. The topological polar surface area (TPSA) is 61.0 Å². The Morgan fingerprint density at radius 1 is 1.07 bits per heavy atom. The predicted octanol–water partition coefficient (Wildman–Crippen LogP) is 5.33. The molecule has 0 bridgehead atoms. The molecule has 1 amide bonds. The van der Waals surface area contributed by atoms with Gasteiger partial charge in [-0.05, 0) is 35.9 Å². The van der Waals surface area contributed by atoms with Gasteiger partial charge >= 0.3 is 0 Å². The third-order valence-electron chi connectivity index (χ3n) is 4.49. The Morgan fingerprint density at radius 2 is 1.82 bits per heavy atom. The van der Waals surface area contributed by atoms with Crippen molar-refractivity contribution in [2.24, 2.45) is 0 Å². The highest BCUT2D eigenvalue weighted by molar-refractivity contribution is 6.33. The second-order valence-electron chi connectivity index (χ2n) is 6.72. The number of rotatable bonds is 4. The Labute approximate surface area is 168 Å². The molecule has 2 aromatic carbocycles. The van der Waals surface area contributed by atoms with E-state index in [-0.39, 0.29) is 5.91 Å². The molecule has 0 radical (unpaired) electrons. The quantitative estimate of drug-likeness (QED) is 0.495. The van der Waals surface area contributed by atoms with Crippen LogP contribution in [-0.4, -0.2) is 34.9 Å². The lowest BCUT2D eigenvalue weighted by molar-refractivity contribution is 0.0827. The van der Waals surface area contributed by atoms with Crippen molar-refractivity contribution in [3.8, 4) is 11.3 Å². The van der Waals surface area contributed by atoms with Crippen LogP contribution in [-0.2, 0) is 0 Å². The van der Waals surface area contributed by atoms with Crippen molar-refractivity contribution in [2.45, 2.75) is 0 Å². The minimum absolute atomic E-state index is 0.0114. The van der Waals surface area contributed by atoms with Gasteiger partial charge in [0.2, 0.25) is 0 Å². The highest BCUT2D eigenvalue weighted by Crippen LogP contribution is 2.28. The first-order valence-corrected chi connectivity index (χ1v) is 9.21. The van der Waals surface area contributed by atoms with Crippen molar-refractivity contribution in [3.05, 3.63) is 77.4 Å². The number of anilines is 2. The first-order chi connectivity index (χ1) is 13.5. The summed E-state index contributed by atoms with van der Waals surface area (Å²) in [5, 5.41) is 4.89. The summed E-state index contributed by atoms with van der Waals surface area (Å²) in [4.78, 5) is 21.5. The smallest absolute Gasteiger partial charge is 0.253 e. The summed E-state index contributed by atoms with van der Waals surface area (Å²) in [6, 6.07) is 19.1. The van der Waals surface area contributed by atoms with Gasteiger partial charge in [-0.2, -0.15) is 0 Å². The number of aromatic nitrogens is 2. The fourth-order valence-corrected chi connectivity index (χ4v) is 3.18. The predicted molar refractivity (Wildman–Crippen MR) is 114 cm³/mol. The largest absolute Gasteiger partial charge is 0.354 e. The number of pyridine rings is 1. The zero-order valence-electron chi connectivity index (χ0n) is 15.5. The maximum atomic E-state index is 12.0. The van der Waals surface area contributed by atoms with E-state index in [4.69, 9.17) is 11.6 Å². The molecule has 2 N–H and O–H groups in total. The SMILES string of the molecule is CN(C)C(=O)c1ccc(-c2cc3cnc(Nc4ccccc4Cl)cc3[nH]2)cc1. The molecule has 6 heteroatoms. The van der Waals surface area contributed by atoms with Gasteiger partial charge in [0.25, 0.3) is 5.91 Å². The number of hydrogen-bond donors (Lipinski definition) is 2. The van der Waals surface area contributed by atoms with Crippen LogP contribution in [0.5, 0.6) is 0 Å². The molecule has 140 valence electrons. The Balaban J connectivity index is 1.61. The number of nitrogens with zero attached hydrogens (tertiary/aromatic N) is 2. The maximum absolute atomic E-state index is 12.0. The lowest BCUT2D eigenvalue weighted by atomic mass is 10.1. The summed E-state index contributed by atoms with van der Waals surface area (Å²) in [6.07, 6.45) is 1.82. The van der Waals surface area contributed by atoms with Gasteiger partial charge in [-0.15, -0.1) is 0 Å². The van der Waals surface area contributed by atoms with Crippen LogP contribution in [0.1, 0.15) is 10.4 Å².